The smallest absolute Gasteiger partial charge is 0.306 e. The van der Waals surface area contributed by atoms with Crippen LogP contribution in [0.1, 0.15) is 54.4 Å². The van der Waals surface area contributed by atoms with Gasteiger partial charge in [-0.2, -0.15) is 0 Å². The minimum Gasteiger partial charge on any atom is -0.460 e. The first-order valence-corrected chi connectivity index (χ1v) is 10.4. The van der Waals surface area contributed by atoms with Crippen molar-refractivity contribution in [3.8, 4) is 0 Å². The first-order chi connectivity index (χ1) is 11.5. The average molecular weight is 366 g/mol. The maximum atomic E-state index is 12.0. The van der Waals surface area contributed by atoms with E-state index in [2.05, 4.69) is 12.1 Å². The third-order valence-electron chi connectivity index (χ3n) is 3.13. The zero-order chi connectivity index (χ0) is 19.1. The molecule has 4 nitrogen and oxygen atoms in total. The van der Waals surface area contributed by atoms with Crippen molar-refractivity contribution >= 4 is 25.2 Å². The summed E-state index contributed by atoms with van der Waals surface area (Å²) in [5, 5.41) is 1.20. The molecule has 0 bridgehead atoms. The number of carbonyl (C=O) groups excluding carboxylic acids is 2. The van der Waals surface area contributed by atoms with E-state index in [1.165, 1.54) is 5.30 Å². The predicted octanol–water partition coefficient (Wildman–Crippen LogP) is 4.26. The Labute approximate surface area is 153 Å². The summed E-state index contributed by atoms with van der Waals surface area (Å²) >= 11 is 0. The van der Waals surface area contributed by atoms with Crippen LogP contribution in [-0.2, 0) is 19.1 Å². The van der Waals surface area contributed by atoms with Crippen LogP contribution in [0.4, 0.5) is 0 Å². The van der Waals surface area contributed by atoms with Crippen molar-refractivity contribution in [3.63, 3.8) is 0 Å². The lowest BCUT2D eigenvalue weighted by molar-refractivity contribution is -0.155. The summed E-state index contributed by atoms with van der Waals surface area (Å²) in [5.41, 5.74) is -0.938. The van der Waals surface area contributed by atoms with Gasteiger partial charge in [-0.05, 0) is 59.2 Å². The maximum absolute atomic E-state index is 12.0. The molecule has 0 aromatic heterocycles. The Bertz CT molecular complexity index is 523. The summed E-state index contributed by atoms with van der Waals surface area (Å²) in [7, 11) is -0.606. The molecular formula is C20H31O4P. The van der Waals surface area contributed by atoms with E-state index in [0.29, 0.717) is 12.8 Å². The Morgan fingerprint density at radius 3 is 1.56 bits per heavy atom. The second kappa shape index (κ2) is 9.33. The van der Waals surface area contributed by atoms with Crippen molar-refractivity contribution in [3.05, 3.63) is 30.3 Å². The summed E-state index contributed by atoms with van der Waals surface area (Å²) < 4.78 is 10.8. The van der Waals surface area contributed by atoms with Gasteiger partial charge in [0, 0.05) is 12.8 Å². The third-order valence-corrected chi connectivity index (χ3v) is 5.69. The lowest BCUT2D eigenvalue weighted by atomic mass is 10.2. The SMILES string of the molecule is CC(C)(C)OC(=O)CCP(CCC(=O)OC(C)(C)C)c1ccccc1. The molecule has 0 atom stereocenters. The van der Waals surface area contributed by atoms with Gasteiger partial charge in [0.25, 0.3) is 0 Å². The van der Waals surface area contributed by atoms with Crippen molar-refractivity contribution in [2.75, 3.05) is 12.3 Å². The third kappa shape index (κ3) is 10.2. The molecule has 1 aromatic carbocycles. The topological polar surface area (TPSA) is 52.6 Å². The summed E-state index contributed by atoms with van der Waals surface area (Å²) in [6.45, 7) is 11.2. The van der Waals surface area contributed by atoms with Crippen molar-refractivity contribution in [1.82, 2.24) is 0 Å². The van der Waals surface area contributed by atoms with Gasteiger partial charge in [-0.3, -0.25) is 9.59 Å². The van der Waals surface area contributed by atoms with E-state index in [1.807, 2.05) is 59.7 Å². The molecule has 0 fully saturated rings. The molecule has 5 heteroatoms. The molecule has 0 aliphatic rings. The van der Waals surface area contributed by atoms with Crippen LogP contribution in [0.2, 0.25) is 0 Å². The lowest BCUT2D eigenvalue weighted by Gasteiger charge is -2.23. The van der Waals surface area contributed by atoms with Crippen LogP contribution in [0, 0.1) is 0 Å². The lowest BCUT2D eigenvalue weighted by Crippen LogP contribution is -2.25. The fourth-order valence-corrected chi connectivity index (χ4v) is 4.49. The van der Waals surface area contributed by atoms with Crippen LogP contribution in [-0.4, -0.2) is 35.5 Å². The van der Waals surface area contributed by atoms with Crippen molar-refractivity contribution in [2.24, 2.45) is 0 Å². The van der Waals surface area contributed by atoms with Crippen molar-refractivity contribution < 1.29 is 19.1 Å². The fourth-order valence-electron chi connectivity index (χ4n) is 2.25. The van der Waals surface area contributed by atoms with Crippen LogP contribution < -0.4 is 5.30 Å². The molecule has 1 aromatic rings. The van der Waals surface area contributed by atoms with Gasteiger partial charge in [-0.1, -0.05) is 38.3 Å². The molecule has 25 heavy (non-hydrogen) atoms. The molecule has 1 rings (SSSR count). The van der Waals surface area contributed by atoms with Gasteiger partial charge < -0.3 is 9.47 Å². The quantitative estimate of drug-likeness (QED) is 0.534. The first kappa shape index (κ1) is 21.6. The Morgan fingerprint density at radius 2 is 1.20 bits per heavy atom. The molecule has 0 spiro atoms. The van der Waals surface area contributed by atoms with Gasteiger partial charge in [0.1, 0.15) is 11.2 Å². The Kier molecular flexibility index (Phi) is 8.08. The molecule has 140 valence electrons. The predicted molar refractivity (Wildman–Crippen MR) is 104 cm³/mol. The van der Waals surface area contributed by atoms with Gasteiger partial charge in [0.2, 0.25) is 0 Å². The number of rotatable bonds is 7. The Morgan fingerprint density at radius 1 is 0.800 bits per heavy atom. The number of benzene rings is 1. The van der Waals surface area contributed by atoms with Gasteiger partial charge in [-0.25, -0.2) is 0 Å². The van der Waals surface area contributed by atoms with Crippen LogP contribution in [0.25, 0.3) is 0 Å². The number of carbonyl (C=O) groups is 2. The monoisotopic (exact) mass is 366 g/mol. The molecule has 0 amide bonds. The highest BCUT2D eigenvalue weighted by Gasteiger charge is 2.21. The Hall–Kier alpha value is -1.41. The normalized spacial score (nSPS) is 12.1. The van der Waals surface area contributed by atoms with Crippen LogP contribution in [0.15, 0.2) is 30.3 Å². The summed E-state index contributed by atoms with van der Waals surface area (Å²) in [5.74, 6) is -0.374. The van der Waals surface area contributed by atoms with E-state index in [4.69, 9.17) is 9.47 Å². The number of esters is 2. The molecule has 0 heterocycles. The van der Waals surface area contributed by atoms with E-state index in [9.17, 15) is 9.59 Å². The van der Waals surface area contributed by atoms with Gasteiger partial charge >= 0.3 is 11.9 Å². The number of hydrogen-bond acceptors (Lipinski definition) is 4. The minimum atomic E-state index is -0.606. The largest absolute Gasteiger partial charge is 0.460 e. The second-order valence-electron chi connectivity index (χ2n) is 8.00. The Balaban J connectivity index is 2.65. The molecule has 0 unspecified atom stereocenters. The fraction of sp³-hybridized carbons (Fsp3) is 0.600. The molecule has 0 aliphatic heterocycles. The van der Waals surface area contributed by atoms with E-state index in [1.54, 1.807) is 0 Å². The van der Waals surface area contributed by atoms with Crippen LogP contribution in [0.3, 0.4) is 0 Å². The van der Waals surface area contributed by atoms with E-state index >= 15 is 0 Å². The van der Waals surface area contributed by atoms with Crippen molar-refractivity contribution in [1.29, 1.82) is 0 Å². The molecular weight excluding hydrogens is 335 g/mol. The number of ether oxygens (including phenoxy) is 2. The zero-order valence-electron chi connectivity index (χ0n) is 16.3. The van der Waals surface area contributed by atoms with Gasteiger partial charge in [0.15, 0.2) is 0 Å². The standard InChI is InChI=1S/C20H31O4P/c1-19(2,3)23-17(21)12-14-25(16-10-8-7-9-11-16)15-13-18(22)24-20(4,5)6/h7-11H,12-15H2,1-6H3. The molecule has 0 saturated carbocycles. The maximum Gasteiger partial charge on any atom is 0.306 e. The second-order valence-corrected chi connectivity index (χ2v) is 10.5. The van der Waals surface area contributed by atoms with E-state index < -0.39 is 19.1 Å². The van der Waals surface area contributed by atoms with Crippen molar-refractivity contribution in [2.45, 2.75) is 65.6 Å². The molecule has 0 N–H and O–H groups in total. The highest BCUT2D eigenvalue weighted by molar-refractivity contribution is 7.65. The van der Waals surface area contributed by atoms with Crippen LogP contribution in [0.5, 0.6) is 0 Å². The average Bonchev–Trinajstić information content (AvgIpc) is 2.44. The number of hydrogen-bond donors (Lipinski definition) is 0. The zero-order valence-corrected chi connectivity index (χ0v) is 17.2. The first-order valence-electron chi connectivity index (χ1n) is 8.70. The molecule has 0 radical (unpaired) electrons. The van der Waals surface area contributed by atoms with E-state index in [0.717, 1.165) is 12.3 Å². The highest BCUT2D eigenvalue weighted by Crippen LogP contribution is 2.36. The molecule has 0 aliphatic carbocycles. The summed E-state index contributed by atoms with van der Waals surface area (Å²) in [6.07, 6.45) is 2.17. The minimum absolute atomic E-state index is 0.187. The van der Waals surface area contributed by atoms with E-state index in [-0.39, 0.29) is 11.9 Å². The van der Waals surface area contributed by atoms with Crippen LogP contribution >= 0.6 is 7.92 Å². The summed E-state index contributed by atoms with van der Waals surface area (Å²) in [4.78, 5) is 24.0. The summed E-state index contributed by atoms with van der Waals surface area (Å²) in [6, 6.07) is 10.1. The molecule has 0 saturated heterocycles. The highest BCUT2D eigenvalue weighted by atomic mass is 31.1. The van der Waals surface area contributed by atoms with Gasteiger partial charge in [0.05, 0.1) is 0 Å². The van der Waals surface area contributed by atoms with Gasteiger partial charge in [-0.15, -0.1) is 0 Å².